The van der Waals surface area contributed by atoms with Crippen LogP contribution in [0.3, 0.4) is 0 Å². The molecule has 2 rings (SSSR count). The van der Waals surface area contributed by atoms with E-state index in [-0.39, 0.29) is 12.5 Å². The van der Waals surface area contributed by atoms with E-state index in [0.29, 0.717) is 12.2 Å². The highest BCUT2D eigenvalue weighted by Crippen LogP contribution is 2.30. The Labute approximate surface area is 110 Å². The Morgan fingerprint density at radius 3 is 2.74 bits per heavy atom. The Hall–Kier alpha value is -1.07. The molecular weight excluding hydrogens is 257 g/mol. The van der Waals surface area contributed by atoms with Gasteiger partial charge in [0.1, 0.15) is 0 Å². The Morgan fingerprint density at radius 2 is 2.11 bits per heavy atom. The lowest BCUT2D eigenvalue weighted by molar-refractivity contribution is -0.137. The number of aliphatic hydroxyl groups is 1. The number of hydrogen-bond donors (Lipinski definition) is 1. The SMILES string of the molecule is OC(Cc1cccc(C(F)(F)F)c1)C1CCCCO1. The molecule has 19 heavy (non-hydrogen) atoms. The van der Waals surface area contributed by atoms with E-state index in [1.807, 2.05) is 0 Å². The van der Waals surface area contributed by atoms with E-state index in [2.05, 4.69) is 0 Å². The summed E-state index contributed by atoms with van der Waals surface area (Å²) in [5.41, 5.74) is -0.196. The van der Waals surface area contributed by atoms with Crippen LogP contribution in [0, 0.1) is 0 Å². The quantitative estimate of drug-likeness (QED) is 0.917. The first-order valence-electron chi connectivity index (χ1n) is 6.42. The zero-order valence-electron chi connectivity index (χ0n) is 10.5. The van der Waals surface area contributed by atoms with Gasteiger partial charge < -0.3 is 9.84 Å². The first-order valence-corrected chi connectivity index (χ1v) is 6.42. The molecule has 2 nitrogen and oxygen atoms in total. The molecule has 1 fully saturated rings. The molecule has 2 unspecified atom stereocenters. The van der Waals surface area contributed by atoms with Crippen molar-refractivity contribution in [2.45, 2.75) is 44.1 Å². The minimum absolute atomic E-state index is 0.189. The Morgan fingerprint density at radius 1 is 1.32 bits per heavy atom. The fourth-order valence-corrected chi connectivity index (χ4v) is 2.32. The largest absolute Gasteiger partial charge is 0.416 e. The highest BCUT2D eigenvalue weighted by atomic mass is 19.4. The minimum atomic E-state index is -4.34. The molecule has 2 atom stereocenters. The third-order valence-electron chi connectivity index (χ3n) is 3.34. The summed E-state index contributed by atoms with van der Waals surface area (Å²) in [6.07, 6.45) is -2.43. The molecule has 1 aromatic carbocycles. The van der Waals surface area contributed by atoms with Crippen molar-refractivity contribution in [3.63, 3.8) is 0 Å². The second kappa shape index (κ2) is 5.92. The number of benzene rings is 1. The summed E-state index contributed by atoms with van der Waals surface area (Å²) in [5, 5.41) is 10.0. The summed E-state index contributed by atoms with van der Waals surface area (Å²) >= 11 is 0. The molecule has 106 valence electrons. The van der Waals surface area contributed by atoms with E-state index in [4.69, 9.17) is 4.74 Å². The van der Waals surface area contributed by atoms with Crippen molar-refractivity contribution in [1.82, 2.24) is 0 Å². The number of alkyl halides is 3. The second-order valence-electron chi connectivity index (χ2n) is 4.87. The molecule has 0 spiro atoms. The average molecular weight is 274 g/mol. The van der Waals surface area contributed by atoms with Crippen LogP contribution in [0.4, 0.5) is 13.2 Å². The molecule has 0 radical (unpaired) electrons. The second-order valence-corrected chi connectivity index (χ2v) is 4.87. The maximum atomic E-state index is 12.6. The summed E-state index contributed by atoms with van der Waals surface area (Å²) in [7, 11) is 0. The van der Waals surface area contributed by atoms with Crippen LogP contribution in [0.15, 0.2) is 24.3 Å². The molecule has 1 aliphatic rings. The summed E-state index contributed by atoms with van der Waals surface area (Å²) in [6, 6.07) is 5.09. The first kappa shape index (κ1) is 14.3. The van der Waals surface area contributed by atoms with E-state index < -0.39 is 17.8 Å². The van der Waals surface area contributed by atoms with Gasteiger partial charge in [0, 0.05) is 13.0 Å². The molecule has 1 N–H and O–H groups in total. The van der Waals surface area contributed by atoms with Gasteiger partial charge in [0.15, 0.2) is 0 Å². The highest BCUT2D eigenvalue weighted by Gasteiger charge is 2.31. The number of aliphatic hydroxyl groups excluding tert-OH is 1. The summed E-state index contributed by atoms with van der Waals surface area (Å²) in [4.78, 5) is 0. The van der Waals surface area contributed by atoms with E-state index in [1.54, 1.807) is 6.07 Å². The smallest absolute Gasteiger partial charge is 0.390 e. The molecule has 1 aliphatic heterocycles. The monoisotopic (exact) mass is 274 g/mol. The van der Waals surface area contributed by atoms with Crippen molar-refractivity contribution in [2.75, 3.05) is 6.61 Å². The zero-order valence-corrected chi connectivity index (χ0v) is 10.5. The Balaban J connectivity index is 2.02. The van der Waals surface area contributed by atoms with Gasteiger partial charge in [0.25, 0.3) is 0 Å². The maximum Gasteiger partial charge on any atom is 0.416 e. The van der Waals surface area contributed by atoms with Crippen molar-refractivity contribution in [3.05, 3.63) is 35.4 Å². The molecule has 0 aliphatic carbocycles. The fraction of sp³-hybridized carbons (Fsp3) is 0.571. The Bertz CT molecular complexity index is 411. The first-order chi connectivity index (χ1) is 8.97. The third kappa shape index (κ3) is 3.94. The van der Waals surface area contributed by atoms with Gasteiger partial charge in [-0.05, 0) is 30.9 Å². The van der Waals surface area contributed by atoms with Crippen LogP contribution in [0.2, 0.25) is 0 Å². The van der Waals surface area contributed by atoms with Crippen molar-refractivity contribution in [3.8, 4) is 0 Å². The highest BCUT2D eigenvalue weighted by molar-refractivity contribution is 5.26. The molecule has 0 bridgehead atoms. The Kier molecular flexibility index (Phi) is 4.47. The molecule has 5 heteroatoms. The minimum Gasteiger partial charge on any atom is -0.390 e. The lowest BCUT2D eigenvalue weighted by Gasteiger charge is -2.27. The number of ether oxygens (including phenoxy) is 1. The van der Waals surface area contributed by atoms with Crippen LogP contribution in [-0.4, -0.2) is 23.9 Å². The van der Waals surface area contributed by atoms with Crippen LogP contribution in [0.1, 0.15) is 30.4 Å². The summed E-state index contributed by atoms with van der Waals surface area (Å²) in [5.74, 6) is 0. The normalized spacial score (nSPS) is 22.2. The number of hydrogen-bond acceptors (Lipinski definition) is 2. The lowest BCUT2D eigenvalue weighted by atomic mass is 9.97. The van der Waals surface area contributed by atoms with Crippen LogP contribution >= 0.6 is 0 Å². The molecule has 1 aromatic rings. The molecule has 0 saturated carbocycles. The molecule has 1 heterocycles. The van der Waals surface area contributed by atoms with Gasteiger partial charge in [-0.1, -0.05) is 18.2 Å². The molecule has 1 saturated heterocycles. The number of halogens is 3. The summed E-state index contributed by atoms with van der Waals surface area (Å²) < 4.78 is 43.2. The van der Waals surface area contributed by atoms with Crippen molar-refractivity contribution < 1.29 is 23.0 Å². The van der Waals surface area contributed by atoms with Crippen LogP contribution in [0.25, 0.3) is 0 Å². The molecular formula is C14H17F3O2. The topological polar surface area (TPSA) is 29.5 Å². The third-order valence-corrected chi connectivity index (χ3v) is 3.34. The van der Waals surface area contributed by atoms with E-state index >= 15 is 0 Å². The maximum absolute atomic E-state index is 12.6. The van der Waals surface area contributed by atoms with Gasteiger partial charge in [-0.25, -0.2) is 0 Å². The average Bonchev–Trinajstić information content (AvgIpc) is 2.39. The van der Waals surface area contributed by atoms with Gasteiger partial charge in [0.2, 0.25) is 0 Å². The number of rotatable bonds is 3. The van der Waals surface area contributed by atoms with Crippen LogP contribution in [0.5, 0.6) is 0 Å². The lowest BCUT2D eigenvalue weighted by Crippen LogP contribution is -2.33. The van der Waals surface area contributed by atoms with Gasteiger partial charge in [-0.2, -0.15) is 13.2 Å². The van der Waals surface area contributed by atoms with E-state index in [1.165, 1.54) is 6.07 Å². The zero-order chi connectivity index (χ0) is 13.9. The molecule has 0 aromatic heterocycles. The van der Waals surface area contributed by atoms with E-state index in [9.17, 15) is 18.3 Å². The predicted molar refractivity (Wildman–Crippen MR) is 64.7 cm³/mol. The predicted octanol–water partition coefficient (Wildman–Crippen LogP) is 3.18. The summed E-state index contributed by atoms with van der Waals surface area (Å²) in [6.45, 7) is 0.615. The van der Waals surface area contributed by atoms with Crippen molar-refractivity contribution >= 4 is 0 Å². The van der Waals surface area contributed by atoms with Gasteiger partial charge in [0.05, 0.1) is 17.8 Å². The van der Waals surface area contributed by atoms with Gasteiger partial charge in [-0.3, -0.25) is 0 Å². The van der Waals surface area contributed by atoms with Crippen molar-refractivity contribution in [1.29, 1.82) is 0 Å². The standard InChI is InChI=1S/C14H17F3O2/c15-14(16,17)11-5-3-4-10(8-11)9-12(18)13-6-1-2-7-19-13/h3-5,8,12-13,18H,1-2,6-7,9H2. The van der Waals surface area contributed by atoms with E-state index in [0.717, 1.165) is 31.4 Å². The van der Waals surface area contributed by atoms with Gasteiger partial charge >= 0.3 is 6.18 Å². The fourth-order valence-electron chi connectivity index (χ4n) is 2.32. The van der Waals surface area contributed by atoms with Gasteiger partial charge in [-0.15, -0.1) is 0 Å². The van der Waals surface area contributed by atoms with Crippen LogP contribution < -0.4 is 0 Å². The van der Waals surface area contributed by atoms with Crippen molar-refractivity contribution in [2.24, 2.45) is 0 Å². The van der Waals surface area contributed by atoms with Crippen LogP contribution in [-0.2, 0) is 17.3 Å². The molecule has 0 amide bonds.